The monoisotopic (exact) mass is 187 g/mol. The van der Waals surface area contributed by atoms with E-state index in [1.54, 1.807) is 0 Å². The summed E-state index contributed by atoms with van der Waals surface area (Å²) < 4.78 is 5.20. The van der Waals surface area contributed by atoms with Crippen LogP contribution in [0.15, 0.2) is 0 Å². The summed E-state index contributed by atoms with van der Waals surface area (Å²) in [5, 5.41) is 8.57. The summed E-state index contributed by atoms with van der Waals surface area (Å²) in [6, 6.07) is 0. The topological polar surface area (TPSA) is 49.8 Å². The second kappa shape index (κ2) is 5.19. The predicted molar refractivity (Wildman–Crippen MR) is 48.7 cm³/mol. The Morgan fingerprint density at radius 3 is 2.69 bits per heavy atom. The molecule has 0 bridgehead atoms. The second-order valence-corrected chi connectivity index (χ2v) is 3.62. The zero-order chi connectivity index (χ0) is 9.68. The van der Waals surface area contributed by atoms with E-state index in [9.17, 15) is 4.79 Å². The Morgan fingerprint density at radius 2 is 2.15 bits per heavy atom. The van der Waals surface area contributed by atoms with E-state index in [1.165, 1.54) is 0 Å². The van der Waals surface area contributed by atoms with E-state index in [4.69, 9.17) is 9.84 Å². The normalized spacial score (nSPS) is 21.3. The van der Waals surface area contributed by atoms with E-state index in [2.05, 4.69) is 4.90 Å². The van der Waals surface area contributed by atoms with E-state index < -0.39 is 5.97 Å². The molecule has 4 nitrogen and oxygen atoms in total. The Hall–Kier alpha value is -0.610. The van der Waals surface area contributed by atoms with Crippen LogP contribution in [0.3, 0.4) is 0 Å². The average molecular weight is 187 g/mol. The fraction of sp³-hybridized carbons (Fsp3) is 0.889. The highest BCUT2D eigenvalue weighted by molar-refractivity contribution is 5.66. The molecule has 1 heterocycles. The van der Waals surface area contributed by atoms with Crippen LogP contribution < -0.4 is 0 Å². The van der Waals surface area contributed by atoms with Crippen LogP contribution in [0.25, 0.3) is 0 Å². The Labute approximate surface area is 78.5 Å². The van der Waals surface area contributed by atoms with Gasteiger partial charge in [-0.25, -0.2) is 0 Å². The van der Waals surface area contributed by atoms with Gasteiger partial charge in [0.05, 0.1) is 13.2 Å². The molecule has 1 fully saturated rings. The lowest BCUT2D eigenvalue weighted by Gasteiger charge is -2.28. The van der Waals surface area contributed by atoms with Crippen molar-refractivity contribution in [3.63, 3.8) is 0 Å². The van der Waals surface area contributed by atoms with Gasteiger partial charge in [-0.2, -0.15) is 0 Å². The van der Waals surface area contributed by atoms with Crippen molar-refractivity contribution in [1.29, 1.82) is 0 Å². The van der Waals surface area contributed by atoms with Gasteiger partial charge < -0.3 is 9.84 Å². The Kier molecular flexibility index (Phi) is 4.18. The zero-order valence-electron chi connectivity index (χ0n) is 8.03. The minimum atomic E-state index is -0.708. The Balaban J connectivity index is 2.18. The van der Waals surface area contributed by atoms with Crippen molar-refractivity contribution in [1.82, 2.24) is 4.90 Å². The minimum Gasteiger partial charge on any atom is -0.481 e. The molecule has 1 rings (SSSR count). The van der Waals surface area contributed by atoms with Crippen molar-refractivity contribution < 1.29 is 14.6 Å². The van der Waals surface area contributed by atoms with Crippen LogP contribution in [0.2, 0.25) is 0 Å². The molecule has 0 aromatic carbocycles. The molecular weight excluding hydrogens is 170 g/mol. The summed E-state index contributed by atoms with van der Waals surface area (Å²) in [6.45, 7) is 6.27. The maximum atomic E-state index is 10.4. The SMILES string of the molecule is CC(CC(=O)O)CN1CCOCC1. The lowest BCUT2D eigenvalue weighted by atomic mass is 10.1. The molecule has 76 valence electrons. The van der Waals surface area contributed by atoms with E-state index in [-0.39, 0.29) is 12.3 Å². The second-order valence-electron chi connectivity index (χ2n) is 3.62. The van der Waals surface area contributed by atoms with Crippen molar-refractivity contribution in [3.8, 4) is 0 Å². The van der Waals surface area contributed by atoms with Crippen LogP contribution in [0, 0.1) is 5.92 Å². The van der Waals surface area contributed by atoms with Gasteiger partial charge in [-0.1, -0.05) is 6.92 Å². The molecule has 4 heteroatoms. The smallest absolute Gasteiger partial charge is 0.303 e. The summed E-state index contributed by atoms with van der Waals surface area (Å²) >= 11 is 0. The van der Waals surface area contributed by atoms with Crippen LogP contribution in [0.1, 0.15) is 13.3 Å². The number of morpholine rings is 1. The first kappa shape index (κ1) is 10.5. The Bertz CT molecular complexity index is 166. The van der Waals surface area contributed by atoms with Crippen molar-refractivity contribution in [2.45, 2.75) is 13.3 Å². The first-order chi connectivity index (χ1) is 6.18. The highest BCUT2D eigenvalue weighted by atomic mass is 16.5. The molecule has 1 aliphatic heterocycles. The van der Waals surface area contributed by atoms with E-state index in [0.717, 1.165) is 32.8 Å². The third kappa shape index (κ3) is 4.24. The molecule has 0 saturated carbocycles. The van der Waals surface area contributed by atoms with Crippen LogP contribution in [-0.4, -0.2) is 48.8 Å². The van der Waals surface area contributed by atoms with Crippen LogP contribution in [-0.2, 0) is 9.53 Å². The molecule has 0 spiro atoms. The highest BCUT2D eigenvalue weighted by Gasteiger charge is 2.15. The molecule has 0 aliphatic carbocycles. The van der Waals surface area contributed by atoms with Gasteiger partial charge in [0, 0.05) is 26.1 Å². The average Bonchev–Trinajstić information content (AvgIpc) is 2.04. The van der Waals surface area contributed by atoms with Crippen LogP contribution in [0.4, 0.5) is 0 Å². The van der Waals surface area contributed by atoms with Gasteiger partial charge in [0.15, 0.2) is 0 Å². The summed E-state index contributed by atoms with van der Waals surface area (Å²) in [5.41, 5.74) is 0. The number of nitrogens with zero attached hydrogens (tertiary/aromatic N) is 1. The maximum Gasteiger partial charge on any atom is 0.303 e. The predicted octanol–water partition coefficient (Wildman–Crippen LogP) is 0.429. The summed E-state index contributed by atoms with van der Waals surface area (Å²) in [7, 11) is 0. The van der Waals surface area contributed by atoms with Gasteiger partial charge in [0.2, 0.25) is 0 Å². The van der Waals surface area contributed by atoms with Gasteiger partial charge in [-0.05, 0) is 5.92 Å². The summed E-state index contributed by atoms with van der Waals surface area (Å²) in [6.07, 6.45) is 0.261. The molecule has 1 N–H and O–H groups in total. The van der Waals surface area contributed by atoms with E-state index >= 15 is 0 Å². The number of hydrogen-bond acceptors (Lipinski definition) is 3. The number of carbonyl (C=O) groups is 1. The molecule has 1 atom stereocenters. The van der Waals surface area contributed by atoms with Crippen LogP contribution in [0.5, 0.6) is 0 Å². The number of ether oxygens (including phenoxy) is 1. The molecule has 0 aromatic rings. The van der Waals surface area contributed by atoms with Gasteiger partial charge in [-0.3, -0.25) is 9.69 Å². The third-order valence-corrected chi connectivity index (χ3v) is 2.20. The molecular formula is C9H17NO3. The number of carboxylic acids is 1. The van der Waals surface area contributed by atoms with Crippen LogP contribution >= 0.6 is 0 Å². The van der Waals surface area contributed by atoms with Crippen molar-refractivity contribution >= 4 is 5.97 Å². The quantitative estimate of drug-likeness (QED) is 0.693. The maximum absolute atomic E-state index is 10.4. The highest BCUT2D eigenvalue weighted by Crippen LogP contribution is 2.06. The first-order valence-electron chi connectivity index (χ1n) is 4.70. The molecule has 0 amide bonds. The van der Waals surface area contributed by atoms with E-state index in [0.29, 0.717) is 0 Å². The van der Waals surface area contributed by atoms with Gasteiger partial charge in [-0.15, -0.1) is 0 Å². The molecule has 0 aromatic heterocycles. The molecule has 1 unspecified atom stereocenters. The van der Waals surface area contributed by atoms with Crippen molar-refractivity contribution in [3.05, 3.63) is 0 Å². The van der Waals surface area contributed by atoms with Gasteiger partial charge in [0.25, 0.3) is 0 Å². The summed E-state index contributed by atoms with van der Waals surface area (Å²) in [5.74, 6) is -0.476. The number of carboxylic acid groups (broad SMARTS) is 1. The summed E-state index contributed by atoms with van der Waals surface area (Å²) in [4.78, 5) is 12.7. The standard InChI is InChI=1S/C9H17NO3/c1-8(6-9(11)12)7-10-2-4-13-5-3-10/h8H,2-7H2,1H3,(H,11,12). The van der Waals surface area contributed by atoms with Gasteiger partial charge >= 0.3 is 5.97 Å². The van der Waals surface area contributed by atoms with Gasteiger partial charge in [0.1, 0.15) is 0 Å². The van der Waals surface area contributed by atoms with Crippen molar-refractivity contribution in [2.75, 3.05) is 32.8 Å². The lowest BCUT2D eigenvalue weighted by Crippen LogP contribution is -2.39. The van der Waals surface area contributed by atoms with Crippen molar-refractivity contribution in [2.24, 2.45) is 5.92 Å². The molecule has 1 aliphatic rings. The minimum absolute atomic E-state index is 0.232. The fourth-order valence-electron chi connectivity index (χ4n) is 1.59. The Morgan fingerprint density at radius 1 is 1.54 bits per heavy atom. The number of hydrogen-bond donors (Lipinski definition) is 1. The first-order valence-corrected chi connectivity index (χ1v) is 4.70. The fourth-order valence-corrected chi connectivity index (χ4v) is 1.59. The lowest BCUT2D eigenvalue weighted by molar-refractivity contribution is -0.138. The third-order valence-electron chi connectivity index (χ3n) is 2.20. The molecule has 0 radical (unpaired) electrons. The van der Waals surface area contributed by atoms with E-state index in [1.807, 2.05) is 6.92 Å². The number of rotatable bonds is 4. The largest absolute Gasteiger partial charge is 0.481 e. The zero-order valence-corrected chi connectivity index (χ0v) is 8.03. The molecule has 1 saturated heterocycles. The molecule has 13 heavy (non-hydrogen) atoms. The number of aliphatic carboxylic acids is 1.